The molecule has 3 atom stereocenters. The van der Waals surface area contributed by atoms with E-state index in [1.54, 1.807) is 0 Å². The fourth-order valence-corrected chi connectivity index (χ4v) is 4.83. The summed E-state index contributed by atoms with van der Waals surface area (Å²) in [5, 5.41) is 7.37. The van der Waals surface area contributed by atoms with Gasteiger partial charge in [0.25, 0.3) is 5.91 Å². The van der Waals surface area contributed by atoms with Crippen molar-refractivity contribution in [3.8, 4) is 0 Å². The highest BCUT2D eigenvalue weighted by Crippen LogP contribution is 2.47. The molecule has 2 aromatic rings. The van der Waals surface area contributed by atoms with Gasteiger partial charge in [-0.05, 0) is 55.9 Å². The van der Waals surface area contributed by atoms with Crippen LogP contribution in [-0.4, -0.2) is 60.5 Å². The van der Waals surface area contributed by atoms with Crippen LogP contribution in [0.3, 0.4) is 0 Å². The average molecular weight is 377 g/mol. The number of aromatic nitrogens is 1. The van der Waals surface area contributed by atoms with E-state index in [0.29, 0.717) is 5.92 Å². The fraction of sp³-hybridized carbons (Fsp3) is 0.455. The maximum atomic E-state index is 13.0. The Bertz CT molecular complexity index is 862. The first-order valence-corrected chi connectivity index (χ1v) is 10.2. The maximum absolute atomic E-state index is 13.0. The number of benzene rings is 1. The van der Waals surface area contributed by atoms with Crippen molar-refractivity contribution in [2.24, 2.45) is 5.92 Å². The number of rotatable bonds is 2. The van der Waals surface area contributed by atoms with Gasteiger partial charge in [-0.25, -0.2) is 0 Å². The van der Waals surface area contributed by atoms with Crippen LogP contribution in [0.25, 0.3) is 0 Å². The topological polar surface area (TPSA) is 60.5 Å². The number of piperazine rings is 1. The predicted molar refractivity (Wildman–Crippen MR) is 109 cm³/mol. The summed E-state index contributed by atoms with van der Waals surface area (Å²) in [5.74, 6) is 0.591. The second-order valence-electron chi connectivity index (χ2n) is 8.16. The van der Waals surface area contributed by atoms with Gasteiger partial charge in [-0.15, -0.1) is 0 Å². The van der Waals surface area contributed by atoms with Crippen LogP contribution in [0.5, 0.6) is 0 Å². The molecule has 1 amide bonds. The minimum absolute atomic E-state index is 0.150. The molecule has 6 nitrogen and oxygen atoms in total. The highest BCUT2D eigenvalue weighted by atomic mass is 16.2. The van der Waals surface area contributed by atoms with Gasteiger partial charge in [0.05, 0.1) is 11.7 Å². The molecular weight excluding hydrogens is 350 g/mol. The van der Waals surface area contributed by atoms with Gasteiger partial charge in [-0.2, -0.15) is 0 Å². The van der Waals surface area contributed by atoms with Gasteiger partial charge in [-0.1, -0.05) is 6.07 Å². The molecule has 4 heterocycles. The van der Waals surface area contributed by atoms with E-state index in [4.69, 9.17) is 0 Å². The SMILES string of the molecule is CN1CCN(C(=O)c2ccc3c(c2)[C@H]2NCC[C@H]2C(c2ccccn2)N3)CC1. The fourth-order valence-electron chi connectivity index (χ4n) is 4.83. The molecule has 28 heavy (non-hydrogen) atoms. The van der Waals surface area contributed by atoms with E-state index in [1.807, 2.05) is 23.2 Å². The summed E-state index contributed by atoms with van der Waals surface area (Å²) >= 11 is 0. The summed E-state index contributed by atoms with van der Waals surface area (Å²) in [6.45, 7) is 4.48. The smallest absolute Gasteiger partial charge is 0.253 e. The Morgan fingerprint density at radius 2 is 1.96 bits per heavy atom. The summed E-state index contributed by atoms with van der Waals surface area (Å²) in [6.07, 6.45) is 2.97. The van der Waals surface area contributed by atoms with Gasteiger partial charge >= 0.3 is 0 Å². The molecule has 2 saturated heterocycles. The largest absolute Gasteiger partial charge is 0.376 e. The molecule has 0 radical (unpaired) electrons. The molecule has 0 spiro atoms. The number of fused-ring (bicyclic) bond motifs is 3. The van der Waals surface area contributed by atoms with Crippen molar-refractivity contribution in [2.45, 2.75) is 18.5 Å². The number of carbonyl (C=O) groups is 1. The minimum atomic E-state index is 0.150. The van der Waals surface area contributed by atoms with Crippen molar-refractivity contribution in [3.05, 3.63) is 59.4 Å². The number of likely N-dealkylation sites (N-methyl/N-ethyl adjacent to an activating group) is 1. The van der Waals surface area contributed by atoms with Crippen molar-refractivity contribution in [1.82, 2.24) is 20.1 Å². The lowest BCUT2D eigenvalue weighted by Gasteiger charge is -2.37. The Morgan fingerprint density at radius 1 is 1.11 bits per heavy atom. The van der Waals surface area contributed by atoms with Gasteiger partial charge in [0, 0.05) is 55.6 Å². The second-order valence-corrected chi connectivity index (χ2v) is 8.16. The Kier molecular flexibility index (Phi) is 4.53. The molecule has 0 aliphatic carbocycles. The van der Waals surface area contributed by atoms with Crippen LogP contribution in [-0.2, 0) is 0 Å². The number of pyridine rings is 1. The van der Waals surface area contributed by atoms with Crippen LogP contribution < -0.4 is 10.6 Å². The number of anilines is 1. The molecule has 3 aliphatic rings. The number of hydrogen-bond donors (Lipinski definition) is 2. The van der Waals surface area contributed by atoms with Crippen LogP contribution in [0.2, 0.25) is 0 Å². The summed E-state index contributed by atoms with van der Waals surface area (Å²) in [5.41, 5.74) is 4.22. The van der Waals surface area contributed by atoms with E-state index in [1.165, 1.54) is 5.56 Å². The molecule has 0 saturated carbocycles. The number of nitrogens with one attached hydrogen (secondary N) is 2. The maximum Gasteiger partial charge on any atom is 0.253 e. The molecule has 1 aromatic carbocycles. The van der Waals surface area contributed by atoms with Crippen molar-refractivity contribution >= 4 is 11.6 Å². The summed E-state index contributed by atoms with van der Waals surface area (Å²) < 4.78 is 0. The van der Waals surface area contributed by atoms with Crippen LogP contribution in [0.1, 0.15) is 40.1 Å². The average Bonchev–Trinajstić information content (AvgIpc) is 3.24. The summed E-state index contributed by atoms with van der Waals surface area (Å²) in [7, 11) is 2.11. The number of nitrogens with zero attached hydrogens (tertiary/aromatic N) is 3. The lowest BCUT2D eigenvalue weighted by Crippen LogP contribution is -2.47. The van der Waals surface area contributed by atoms with E-state index in [0.717, 1.165) is 56.1 Å². The lowest BCUT2D eigenvalue weighted by atomic mass is 9.81. The third-order valence-electron chi connectivity index (χ3n) is 6.44. The minimum Gasteiger partial charge on any atom is -0.376 e. The third kappa shape index (κ3) is 3.06. The van der Waals surface area contributed by atoms with Crippen molar-refractivity contribution in [1.29, 1.82) is 0 Å². The molecule has 5 rings (SSSR count). The van der Waals surface area contributed by atoms with Crippen molar-refractivity contribution in [3.63, 3.8) is 0 Å². The van der Waals surface area contributed by atoms with Gasteiger partial charge in [0.2, 0.25) is 0 Å². The molecule has 146 valence electrons. The molecule has 2 N–H and O–H groups in total. The zero-order valence-electron chi connectivity index (χ0n) is 16.3. The normalized spacial score (nSPS) is 27.0. The van der Waals surface area contributed by atoms with Crippen LogP contribution in [0.15, 0.2) is 42.6 Å². The summed E-state index contributed by atoms with van der Waals surface area (Å²) in [6, 6.07) is 12.7. The van der Waals surface area contributed by atoms with Crippen LogP contribution in [0.4, 0.5) is 5.69 Å². The predicted octanol–water partition coefficient (Wildman–Crippen LogP) is 2.29. The van der Waals surface area contributed by atoms with Gasteiger partial charge < -0.3 is 20.4 Å². The Balaban J connectivity index is 1.44. The number of amides is 1. The van der Waals surface area contributed by atoms with Crippen LogP contribution >= 0.6 is 0 Å². The van der Waals surface area contributed by atoms with E-state index in [2.05, 4.69) is 51.8 Å². The first kappa shape index (κ1) is 17.6. The Hall–Kier alpha value is -2.44. The highest BCUT2D eigenvalue weighted by Gasteiger charge is 2.41. The second kappa shape index (κ2) is 7.18. The van der Waals surface area contributed by atoms with E-state index in [9.17, 15) is 4.79 Å². The van der Waals surface area contributed by atoms with E-state index < -0.39 is 0 Å². The Morgan fingerprint density at radius 3 is 2.75 bits per heavy atom. The molecule has 1 aromatic heterocycles. The quantitative estimate of drug-likeness (QED) is 0.841. The van der Waals surface area contributed by atoms with Crippen LogP contribution in [0, 0.1) is 5.92 Å². The summed E-state index contributed by atoms with van der Waals surface area (Å²) in [4.78, 5) is 21.9. The highest BCUT2D eigenvalue weighted by molar-refractivity contribution is 5.95. The zero-order valence-corrected chi connectivity index (χ0v) is 16.3. The molecule has 6 heteroatoms. The molecule has 0 bridgehead atoms. The first-order valence-electron chi connectivity index (χ1n) is 10.2. The van der Waals surface area contributed by atoms with E-state index in [-0.39, 0.29) is 18.0 Å². The van der Waals surface area contributed by atoms with Crippen molar-refractivity contribution in [2.75, 3.05) is 45.1 Å². The van der Waals surface area contributed by atoms with Gasteiger partial charge in [0.1, 0.15) is 0 Å². The zero-order chi connectivity index (χ0) is 19.1. The molecular formula is C22H27N5O. The molecule has 2 fully saturated rings. The van der Waals surface area contributed by atoms with Gasteiger partial charge in [-0.3, -0.25) is 9.78 Å². The Labute approximate surface area is 165 Å². The van der Waals surface area contributed by atoms with Crippen molar-refractivity contribution < 1.29 is 4.79 Å². The van der Waals surface area contributed by atoms with E-state index >= 15 is 0 Å². The standard InChI is InChI=1S/C22H27N5O/c1-26-10-12-27(13-11-26)22(28)15-5-6-18-17(14-15)20-16(7-9-24-20)21(25-18)19-4-2-3-8-23-19/h2-6,8,14,16,20-21,24-25H,7,9-13H2,1H3/t16-,20+,21?/m1/s1. The van der Waals surface area contributed by atoms with Gasteiger partial charge in [0.15, 0.2) is 0 Å². The molecule has 1 unspecified atom stereocenters. The number of hydrogen-bond acceptors (Lipinski definition) is 5. The third-order valence-corrected chi connectivity index (χ3v) is 6.44. The molecule has 3 aliphatic heterocycles. The monoisotopic (exact) mass is 377 g/mol. The number of carbonyl (C=O) groups excluding carboxylic acids is 1. The first-order chi connectivity index (χ1) is 13.7. The lowest BCUT2D eigenvalue weighted by molar-refractivity contribution is 0.0664.